The molecule has 2 aliphatic heterocycles. The van der Waals surface area contributed by atoms with Crippen molar-refractivity contribution in [2.24, 2.45) is 0 Å². The van der Waals surface area contributed by atoms with E-state index < -0.39 is 0 Å². The van der Waals surface area contributed by atoms with Gasteiger partial charge < -0.3 is 15.8 Å². The van der Waals surface area contributed by atoms with E-state index in [-0.39, 0.29) is 0 Å². The number of nitrogens with zero attached hydrogens (tertiary/aromatic N) is 1. The molecule has 0 aliphatic carbocycles. The molecule has 0 amide bonds. The van der Waals surface area contributed by atoms with Crippen LogP contribution in [0.4, 0.5) is 11.4 Å². The van der Waals surface area contributed by atoms with Gasteiger partial charge in [0.15, 0.2) is 0 Å². The van der Waals surface area contributed by atoms with Gasteiger partial charge in [-0.15, -0.1) is 0 Å². The Bertz CT molecular complexity index is 594. The molecule has 1 aromatic heterocycles. The van der Waals surface area contributed by atoms with Crippen molar-refractivity contribution < 1.29 is 4.74 Å². The number of anilines is 2. The highest BCUT2D eigenvalue weighted by Crippen LogP contribution is 2.37. The van der Waals surface area contributed by atoms with Crippen molar-refractivity contribution >= 4 is 22.3 Å². The fourth-order valence-electron chi connectivity index (χ4n) is 3.12. The normalized spacial score (nSPS) is 30.1. The first kappa shape index (κ1) is 10.2. The number of hydrogen-bond donors (Lipinski definition) is 3. The average molecular weight is 244 g/mol. The second-order valence-corrected chi connectivity index (χ2v) is 5.26. The molecule has 0 saturated carbocycles. The Labute approximate surface area is 105 Å². The molecule has 3 heterocycles. The largest absolute Gasteiger partial charge is 0.397 e. The molecule has 2 bridgehead atoms. The van der Waals surface area contributed by atoms with Crippen LogP contribution in [0.3, 0.4) is 0 Å². The minimum absolute atomic E-state index is 0.354. The van der Waals surface area contributed by atoms with E-state index in [0.29, 0.717) is 18.2 Å². The number of rotatable bonds is 2. The summed E-state index contributed by atoms with van der Waals surface area (Å²) in [5.74, 6) is 0. The Balaban J connectivity index is 1.64. The molecule has 0 radical (unpaired) electrons. The van der Waals surface area contributed by atoms with Crippen LogP contribution in [0, 0.1) is 0 Å². The SMILES string of the molecule is Nc1cc2cn[nH]c2cc1NC1CC2CCC1O2. The maximum atomic E-state index is 6.08. The maximum absolute atomic E-state index is 6.08. The zero-order valence-corrected chi connectivity index (χ0v) is 10.0. The van der Waals surface area contributed by atoms with Crippen LogP contribution in [0.2, 0.25) is 0 Å². The van der Waals surface area contributed by atoms with Gasteiger partial charge in [0.25, 0.3) is 0 Å². The topological polar surface area (TPSA) is 76.0 Å². The summed E-state index contributed by atoms with van der Waals surface area (Å²) in [6, 6.07) is 4.38. The van der Waals surface area contributed by atoms with E-state index in [0.717, 1.165) is 35.1 Å². The maximum Gasteiger partial charge on any atom is 0.0781 e. The number of benzene rings is 1. The van der Waals surface area contributed by atoms with Gasteiger partial charge in [0.05, 0.1) is 41.3 Å². The van der Waals surface area contributed by atoms with Crippen LogP contribution in [0.15, 0.2) is 18.3 Å². The molecular formula is C13H16N4O. The number of fused-ring (bicyclic) bond motifs is 3. The molecular weight excluding hydrogens is 228 g/mol. The van der Waals surface area contributed by atoms with Gasteiger partial charge in [-0.2, -0.15) is 5.10 Å². The van der Waals surface area contributed by atoms with Crippen molar-refractivity contribution in [1.82, 2.24) is 10.2 Å². The zero-order valence-electron chi connectivity index (χ0n) is 10.0. The molecule has 3 unspecified atom stereocenters. The summed E-state index contributed by atoms with van der Waals surface area (Å²) in [6.45, 7) is 0. The lowest BCUT2D eigenvalue weighted by Gasteiger charge is -2.22. The molecule has 18 heavy (non-hydrogen) atoms. The minimum atomic E-state index is 0.354. The van der Waals surface area contributed by atoms with Crippen LogP contribution in [-0.4, -0.2) is 28.4 Å². The monoisotopic (exact) mass is 244 g/mol. The van der Waals surface area contributed by atoms with Crippen LogP contribution in [0.25, 0.3) is 10.9 Å². The second kappa shape index (κ2) is 3.62. The number of aromatic nitrogens is 2. The van der Waals surface area contributed by atoms with E-state index in [1.165, 1.54) is 6.42 Å². The van der Waals surface area contributed by atoms with Crippen LogP contribution < -0.4 is 11.1 Å². The van der Waals surface area contributed by atoms with Crippen LogP contribution in [0.5, 0.6) is 0 Å². The summed E-state index contributed by atoms with van der Waals surface area (Å²) in [7, 11) is 0. The lowest BCUT2D eigenvalue weighted by Crippen LogP contribution is -2.30. The number of H-pyrrole nitrogens is 1. The molecule has 5 nitrogen and oxygen atoms in total. The molecule has 2 saturated heterocycles. The number of hydrogen-bond acceptors (Lipinski definition) is 4. The van der Waals surface area contributed by atoms with Gasteiger partial charge >= 0.3 is 0 Å². The number of nitrogen functional groups attached to an aromatic ring is 1. The van der Waals surface area contributed by atoms with E-state index in [2.05, 4.69) is 15.5 Å². The smallest absolute Gasteiger partial charge is 0.0781 e. The first-order valence-electron chi connectivity index (χ1n) is 6.44. The van der Waals surface area contributed by atoms with Crippen LogP contribution in [0.1, 0.15) is 19.3 Å². The van der Waals surface area contributed by atoms with Crippen LogP contribution >= 0.6 is 0 Å². The summed E-state index contributed by atoms with van der Waals surface area (Å²) < 4.78 is 5.85. The molecule has 2 aliphatic rings. The molecule has 1 aromatic carbocycles. The lowest BCUT2D eigenvalue weighted by molar-refractivity contribution is 0.102. The van der Waals surface area contributed by atoms with E-state index in [4.69, 9.17) is 10.5 Å². The van der Waals surface area contributed by atoms with Gasteiger partial charge in [-0.25, -0.2) is 0 Å². The Morgan fingerprint density at radius 1 is 1.39 bits per heavy atom. The molecule has 2 fully saturated rings. The zero-order chi connectivity index (χ0) is 12.1. The highest BCUT2D eigenvalue weighted by molar-refractivity contribution is 5.88. The minimum Gasteiger partial charge on any atom is -0.397 e. The summed E-state index contributed by atoms with van der Waals surface area (Å²) in [6.07, 6.45) is 6.05. The van der Waals surface area contributed by atoms with E-state index >= 15 is 0 Å². The predicted molar refractivity (Wildman–Crippen MR) is 70.4 cm³/mol. The van der Waals surface area contributed by atoms with E-state index in [9.17, 15) is 0 Å². The third-order valence-corrected chi connectivity index (χ3v) is 4.06. The van der Waals surface area contributed by atoms with Gasteiger partial charge in [-0.3, -0.25) is 5.10 Å². The number of ether oxygens (including phenoxy) is 1. The van der Waals surface area contributed by atoms with Crippen molar-refractivity contribution in [2.75, 3.05) is 11.1 Å². The molecule has 4 rings (SSSR count). The van der Waals surface area contributed by atoms with Gasteiger partial charge in [0.2, 0.25) is 0 Å². The van der Waals surface area contributed by atoms with Gasteiger partial charge in [-0.05, 0) is 31.4 Å². The Kier molecular flexibility index (Phi) is 2.05. The highest BCUT2D eigenvalue weighted by Gasteiger charge is 2.40. The van der Waals surface area contributed by atoms with Crippen molar-refractivity contribution in [3.8, 4) is 0 Å². The third-order valence-electron chi connectivity index (χ3n) is 4.06. The lowest BCUT2D eigenvalue weighted by atomic mass is 9.95. The van der Waals surface area contributed by atoms with Gasteiger partial charge in [0, 0.05) is 5.39 Å². The van der Waals surface area contributed by atoms with Crippen molar-refractivity contribution in [3.63, 3.8) is 0 Å². The molecule has 4 N–H and O–H groups in total. The Hall–Kier alpha value is -1.75. The fourth-order valence-corrected chi connectivity index (χ4v) is 3.12. The van der Waals surface area contributed by atoms with Gasteiger partial charge in [-0.1, -0.05) is 0 Å². The number of aromatic amines is 1. The first-order valence-corrected chi connectivity index (χ1v) is 6.44. The Morgan fingerprint density at radius 2 is 2.33 bits per heavy atom. The molecule has 2 aromatic rings. The summed E-state index contributed by atoms with van der Waals surface area (Å²) >= 11 is 0. The van der Waals surface area contributed by atoms with Crippen molar-refractivity contribution in [3.05, 3.63) is 18.3 Å². The molecule has 94 valence electrons. The van der Waals surface area contributed by atoms with Gasteiger partial charge in [0.1, 0.15) is 0 Å². The molecule has 5 heteroatoms. The highest BCUT2D eigenvalue weighted by atomic mass is 16.5. The number of nitrogens with one attached hydrogen (secondary N) is 2. The number of nitrogens with two attached hydrogens (primary N) is 1. The van der Waals surface area contributed by atoms with E-state index in [1.54, 1.807) is 6.20 Å². The predicted octanol–water partition coefficient (Wildman–Crippen LogP) is 1.88. The summed E-state index contributed by atoms with van der Waals surface area (Å²) in [5.41, 5.74) is 8.84. The quantitative estimate of drug-likeness (QED) is 0.705. The average Bonchev–Trinajstić information content (AvgIpc) is 3.04. The van der Waals surface area contributed by atoms with Crippen molar-refractivity contribution in [2.45, 2.75) is 37.5 Å². The summed E-state index contributed by atoms with van der Waals surface area (Å²) in [5, 5.41) is 11.6. The molecule has 3 atom stereocenters. The first-order chi connectivity index (χ1) is 8.79. The summed E-state index contributed by atoms with van der Waals surface area (Å²) in [4.78, 5) is 0. The van der Waals surface area contributed by atoms with Crippen molar-refractivity contribution in [1.29, 1.82) is 0 Å². The second-order valence-electron chi connectivity index (χ2n) is 5.26. The van der Waals surface area contributed by atoms with E-state index in [1.807, 2.05) is 12.1 Å². The third kappa shape index (κ3) is 1.47. The fraction of sp³-hybridized carbons (Fsp3) is 0.462. The Morgan fingerprint density at radius 3 is 3.11 bits per heavy atom. The van der Waals surface area contributed by atoms with Crippen LogP contribution in [-0.2, 0) is 4.74 Å². The molecule has 0 spiro atoms. The standard InChI is InChI=1S/C13H16N4O/c14-9-3-7-6-15-17-10(7)5-11(9)16-12-4-8-1-2-13(12)18-8/h3,5-6,8,12-13,16H,1-2,4,14H2,(H,15,17).